The Morgan fingerprint density at radius 1 is 0.689 bits per heavy atom. The summed E-state index contributed by atoms with van der Waals surface area (Å²) in [5.74, 6) is -0.847. The van der Waals surface area contributed by atoms with Crippen molar-refractivity contribution < 1.29 is 29.0 Å². The molecule has 1 rings (SSSR count). The molecule has 1 amide bonds. The molecule has 0 heterocycles. The van der Waals surface area contributed by atoms with Crippen LogP contribution in [-0.4, -0.2) is 67.2 Å². The first kappa shape index (κ1) is 40.6. The summed E-state index contributed by atoms with van der Waals surface area (Å²) < 4.78 is 10.9. The molecule has 0 radical (unpaired) electrons. The molecule has 8 heteroatoms. The number of rotatable bonds is 32. The Kier molecular flexibility index (Phi) is 27.2. The number of carboxylic acids is 1. The zero-order chi connectivity index (χ0) is 32.6. The second kappa shape index (κ2) is 30.2. The third kappa shape index (κ3) is 27.6. The summed E-state index contributed by atoms with van der Waals surface area (Å²) in [5.41, 5.74) is 1.06. The minimum absolute atomic E-state index is 0.0510. The van der Waals surface area contributed by atoms with Gasteiger partial charge in [0.05, 0.1) is 13.2 Å². The van der Waals surface area contributed by atoms with Crippen molar-refractivity contribution in [2.45, 2.75) is 142 Å². The minimum Gasteiger partial charge on any atom is -0.481 e. The molecule has 45 heavy (non-hydrogen) atoms. The van der Waals surface area contributed by atoms with Gasteiger partial charge in [0, 0.05) is 19.4 Å². The van der Waals surface area contributed by atoms with Crippen LogP contribution < -0.4 is 5.32 Å². The van der Waals surface area contributed by atoms with Gasteiger partial charge in [-0.3, -0.25) is 14.4 Å². The molecule has 2 N–H and O–H groups in total. The number of aliphatic carboxylic acids is 1. The van der Waals surface area contributed by atoms with Crippen LogP contribution >= 0.6 is 0 Å². The van der Waals surface area contributed by atoms with E-state index in [1.807, 2.05) is 30.3 Å². The highest BCUT2D eigenvalue weighted by Gasteiger charge is 2.08. The summed E-state index contributed by atoms with van der Waals surface area (Å²) in [6, 6.07) is 9.85. The van der Waals surface area contributed by atoms with Gasteiger partial charge in [-0.1, -0.05) is 114 Å². The number of amides is 1. The van der Waals surface area contributed by atoms with E-state index in [0.717, 1.165) is 109 Å². The van der Waals surface area contributed by atoms with Crippen LogP contribution in [0.1, 0.15) is 141 Å². The molecular formula is C37H64N2O6. The Labute approximate surface area is 274 Å². The number of carbonyl (C=O) groups is 3. The van der Waals surface area contributed by atoms with E-state index >= 15 is 0 Å². The Bertz CT molecular complexity index is 851. The van der Waals surface area contributed by atoms with Gasteiger partial charge >= 0.3 is 11.9 Å². The first-order valence-electron chi connectivity index (χ1n) is 18.0. The predicted molar refractivity (Wildman–Crippen MR) is 182 cm³/mol. The minimum atomic E-state index is -0.713. The maximum absolute atomic E-state index is 12.2. The van der Waals surface area contributed by atoms with Gasteiger partial charge in [0.1, 0.15) is 6.61 Å². The van der Waals surface area contributed by atoms with E-state index in [0.29, 0.717) is 26.2 Å². The van der Waals surface area contributed by atoms with E-state index in [1.54, 1.807) is 0 Å². The Morgan fingerprint density at radius 2 is 1.24 bits per heavy atom. The van der Waals surface area contributed by atoms with Crippen molar-refractivity contribution in [3.8, 4) is 0 Å². The largest absolute Gasteiger partial charge is 0.481 e. The monoisotopic (exact) mass is 632 g/mol. The quantitative estimate of drug-likeness (QED) is 0.0611. The van der Waals surface area contributed by atoms with Gasteiger partial charge in [-0.05, 0) is 63.7 Å². The summed E-state index contributed by atoms with van der Waals surface area (Å²) in [6.07, 6.45) is 20.6. The fourth-order valence-corrected chi connectivity index (χ4v) is 5.35. The van der Waals surface area contributed by atoms with Gasteiger partial charge in [-0.25, -0.2) is 0 Å². The van der Waals surface area contributed by atoms with E-state index < -0.39 is 5.97 Å². The van der Waals surface area contributed by atoms with Crippen molar-refractivity contribution >= 4 is 17.8 Å². The molecule has 0 aliphatic rings. The summed E-state index contributed by atoms with van der Waals surface area (Å²) >= 11 is 0. The molecular weight excluding hydrogens is 568 g/mol. The molecule has 0 aliphatic heterocycles. The van der Waals surface area contributed by atoms with E-state index in [1.165, 1.54) is 32.1 Å². The number of carbonyl (C=O) groups excluding carboxylic acids is 2. The predicted octanol–water partition coefficient (Wildman–Crippen LogP) is 8.07. The number of nitrogens with one attached hydrogen (secondary N) is 1. The van der Waals surface area contributed by atoms with Gasteiger partial charge in [-0.15, -0.1) is 0 Å². The van der Waals surface area contributed by atoms with E-state index in [9.17, 15) is 14.4 Å². The van der Waals surface area contributed by atoms with Crippen LogP contribution in [0.25, 0.3) is 0 Å². The zero-order valence-corrected chi connectivity index (χ0v) is 28.4. The summed E-state index contributed by atoms with van der Waals surface area (Å²) in [7, 11) is 0. The van der Waals surface area contributed by atoms with E-state index in [4.69, 9.17) is 14.6 Å². The van der Waals surface area contributed by atoms with Crippen LogP contribution in [0.2, 0.25) is 0 Å². The molecule has 0 spiro atoms. The highest BCUT2D eigenvalue weighted by atomic mass is 16.5. The number of esters is 1. The summed E-state index contributed by atoms with van der Waals surface area (Å²) in [5, 5.41) is 11.8. The van der Waals surface area contributed by atoms with Crippen molar-refractivity contribution in [3.05, 3.63) is 35.9 Å². The van der Waals surface area contributed by atoms with Crippen LogP contribution in [0.3, 0.4) is 0 Å². The van der Waals surface area contributed by atoms with Crippen molar-refractivity contribution in [3.63, 3.8) is 0 Å². The Morgan fingerprint density at radius 3 is 1.89 bits per heavy atom. The molecule has 0 saturated heterocycles. The molecule has 0 unspecified atom stereocenters. The smallest absolute Gasteiger partial charge is 0.305 e. The number of hydrogen-bond acceptors (Lipinski definition) is 6. The van der Waals surface area contributed by atoms with Crippen molar-refractivity contribution in [2.75, 3.05) is 39.4 Å². The molecule has 258 valence electrons. The second-order valence-electron chi connectivity index (χ2n) is 12.3. The Hall–Kier alpha value is -2.45. The third-order valence-corrected chi connectivity index (χ3v) is 8.05. The average Bonchev–Trinajstić information content (AvgIpc) is 3.03. The first-order valence-corrected chi connectivity index (χ1v) is 18.0. The lowest BCUT2D eigenvalue weighted by molar-refractivity contribution is -0.144. The van der Waals surface area contributed by atoms with Crippen LogP contribution in [0.5, 0.6) is 0 Å². The Balaban J connectivity index is 2.16. The lowest BCUT2D eigenvalue weighted by Gasteiger charge is -2.22. The number of unbranched alkanes of at least 4 members (excludes halogenated alkanes) is 14. The molecule has 1 aromatic carbocycles. The van der Waals surface area contributed by atoms with Crippen LogP contribution in [0.15, 0.2) is 30.3 Å². The van der Waals surface area contributed by atoms with Crippen LogP contribution in [-0.2, 0) is 30.5 Å². The zero-order valence-electron chi connectivity index (χ0n) is 28.4. The average molecular weight is 633 g/mol. The van der Waals surface area contributed by atoms with Gasteiger partial charge in [0.15, 0.2) is 0 Å². The molecule has 0 aromatic heterocycles. The maximum atomic E-state index is 12.2. The standard InChI is InChI=1S/C37H64N2O6/c1-2-3-4-5-6-13-21-31-45-37(43)26-18-10-8-12-20-29-39(28-19-11-7-9-17-25-36(41)42)30-22-27-38-35(40)33-44-32-34-23-15-14-16-24-34/h14-16,23-24H,2-13,17-22,25-33H2,1H3,(H,38,40)(H,41,42). The van der Waals surface area contributed by atoms with Gasteiger partial charge in [0.25, 0.3) is 0 Å². The molecule has 0 atom stereocenters. The van der Waals surface area contributed by atoms with Crippen molar-refractivity contribution in [1.29, 1.82) is 0 Å². The van der Waals surface area contributed by atoms with E-state index in [2.05, 4.69) is 17.1 Å². The fourth-order valence-electron chi connectivity index (χ4n) is 5.35. The first-order chi connectivity index (χ1) is 22.0. The van der Waals surface area contributed by atoms with Gasteiger partial charge in [0.2, 0.25) is 5.91 Å². The lowest BCUT2D eigenvalue weighted by Crippen LogP contribution is -2.33. The summed E-state index contributed by atoms with van der Waals surface area (Å²) in [6.45, 7) is 6.93. The number of carboxylic acid groups (broad SMARTS) is 1. The molecule has 0 bridgehead atoms. The van der Waals surface area contributed by atoms with Crippen molar-refractivity contribution in [2.24, 2.45) is 0 Å². The number of benzene rings is 1. The van der Waals surface area contributed by atoms with Crippen LogP contribution in [0, 0.1) is 0 Å². The normalized spacial score (nSPS) is 11.2. The summed E-state index contributed by atoms with van der Waals surface area (Å²) in [4.78, 5) is 37.4. The maximum Gasteiger partial charge on any atom is 0.305 e. The molecule has 1 aromatic rings. The highest BCUT2D eigenvalue weighted by molar-refractivity contribution is 5.77. The third-order valence-electron chi connectivity index (χ3n) is 8.05. The van der Waals surface area contributed by atoms with Gasteiger partial charge < -0.3 is 24.8 Å². The number of nitrogens with zero attached hydrogens (tertiary/aromatic N) is 1. The van der Waals surface area contributed by atoms with Crippen molar-refractivity contribution in [1.82, 2.24) is 10.2 Å². The second-order valence-corrected chi connectivity index (χ2v) is 12.3. The molecule has 0 saturated carbocycles. The topological polar surface area (TPSA) is 105 Å². The number of ether oxygens (including phenoxy) is 2. The molecule has 8 nitrogen and oxygen atoms in total. The molecule has 0 aliphatic carbocycles. The lowest BCUT2D eigenvalue weighted by atomic mass is 10.1. The van der Waals surface area contributed by atoms with Crippen LogP contribution in [0.4, 0.5) is 0 Å². The van der Waals surface area contributed by atoms with Gasteiger partial charge in [-0.2, -0.15) is 0 Å². The van der Waals surface area contributed by atoms with E-state index in [-0.39, 0.29) is 24.9 Å². The fraction of sp³-hybridized carbons (Fsp3) is 0.757. The number of hydrogen-bond donors (Lipinski definition) is 2. The SMILES string of the molecule is CCCCCCCCCOC(=O)CCCCCCCN(CCCCCCCC(=O)O)CCCNC(=O)COCc1ccccc1. The highest BCUT2D eigenvalue weighted by Crippen LogP contribution is 2.11. The molecule has 0 fully saturated rings.